The second-order valence-corrected chi connectivity index (χ2v) is 12.7. The Morgan fingerprint density at radius 3 is 2.42 bits per heavy atom. The number of allylic oxidation sites excluding steroid dienone is 1. The summed E-state index contributed by atoms with van der Waals surface area (Å²) in [5.41, 5.74) is 6.30. The molecule has 0 amide bonds. The van der Waals surface area contributed by atoms with E-state index in [2.05, 4.69) is 23.3 Å². The van der Waals surface area contributed by atoms with Crippen LogP contribution >= 0.6 is 0 Å². The molecular formula is C29H34N2O6S. The highest BCUT2D eigenvalue weighted by molar-refractivity contribution is 7.89. The van der Waals surface area contributed by atoms with Crippen molar-refractivity contribution >= 4 is 27.7 Å². The van der Waals surface area contributed by atoms with Crippen molar-refractivity contribution < 1.29 is 27.5 Å². The maximum Gasteiger partial charge on any atom is 0.308 e. The quantitative estimate of drug-likeness (QED) is 0.314. The number of nitrogens with one attached hydrogen (secondary N) is 2. The van der Waals surface area contributed by atoms with Crippen molar-refractivity contribution in [3.05, 3.63) is 65.2 Å². The molecule has 9 heteroatoms. The fraction of sp³-hybridized carbons (Fsp3) is 0.448. The molecule has 8 nitrogen and oxygen atoms in total. The lowest BCUT2D eigenvalue weighted by molar-refractivity contribution is -0.154. The Labute approximate surface area is 223 Å². The number of sulfonamides is 1. The van der Waals surface area contributed by atoms with Crippen LogP contribution in [0, 0.1) is 24.2 Å². The smallest absolute Gasteiger partial charge is 0.308 e. The summed E-state index contributed by atoms with van der Waals surface area (Å²) >= 11 is 0. The normalized spacial score (nSPS) is 27.8. The summed E-state index contributed by atoms with van der Waals surface area (Å²) in [5.74, 6) is 0.359. The molecule has 3 aliphatic carbocycles. The molecule has 0 aromatic heterocycles. The van der Waals surface area contributed by atoms with Crippen molar-refractivity contribution in [3.8, 4) is 5.75 Å². The largest absolute Gasteiger partial charge is 0.462 e. The van der Waals surface area contributed by atoms with Gasteiger partial charge in [0.15, 0.2) is 0 Å². The minimum atomic E-state index is -3.83. The Hall–Kier alpha value is -3.17. The van der Waals surface area contributed by atoms with Gasteiger partial charge >= 0.3 is 11.9 Å². The van der Waals surface area contributed by atoms with Crippen LogP contribution in [0.1, 0.15) is 69.1 Å². The number of benzene rings is 2. The van der Waals surface area contributed by atoms with Gasteiger partial charge in [-0.15, -0.1) is 4.83 Å². The number of rotatable bonds is 6. The Morgan fingerprint density at radius 2 is 1.74 bits per heavy atom. The van der Waals surface area contributed by atoms with E-state index in [1.54, 1.807) is 36.4 Å². The average Bonchev–Trinajstić information content (AvgIpc) is 3.18. The highest BCUT2D eigenvalue weighted by atomic mass is 32.2. The van der Waals surface area contributed by atoms with Crippen molar-refractivity contribution in [3.63, 3.8) is 0 Å². The van der Waals surface area contributed by atoms with Crippen LogP contribution in [0.25, 0.3) is 5.70 Å². The first-order valence-electron chi connectivity index (χ1n) is 13.0. The number of esters is 2. The van der Waals surface area contributed by atoms with E-state index in [9.17, 15) is 18.0 Å². The lowest BCUT2D eigenvalue weighted by atomic mass is 9.56. The number of ether oxygens (including phenoxy) is 2. The van der Waals surface area contributed by atoms with Gasteiger partial charge in [-0.25, -0.2) is 8.42 Å². The Balaban J connectivity index is 1.50. The molecule has 0 heterocycles. The molecule has 0 bridgehead atoms. The van der Waals surface area contributed by atoms with Crippen LogP contribution in [0.3, 0.4) is 0 Å². The van der Waals surface area contributed by atoms with Gasteiger partial charge in [-0.3, -0.25) is 9.59 Å². The molecule has 202 valence electrons. The molecule has 2 N–H and O–H groups in total. The third-order valence-corrected chi connectivity index (χ3v) is 9.80. The first-order valence-corrected chi connectivity index (χ1v) is 14.5. The molecule has 2 aromatic carbocycles. The number of hydrazine groups is 1. The van der Waals surface area contributed by atoms with Gasteiger partial charge in [0.05, 0.1) is 10.6 Å². The SMILES string of the molecule is CC(=O)Oc1ccc2c(c1)C(NNS(=O)(=O)c1ccc(C)cc1)=C[C@@H]1[C@@H]2CC[C@]2(C)[C@@H](OC(C)=O)CC[C@@H]12. The Bertz CT molecular complexity index is 1400. The highest BCUT2D eigenvalue weighted by Crippen LogP contribution is 2.61. The van der Waals surface area contributed by atoms with Gasteiger partial charge < -0.3 is 14.9 Å². The van der Waals surface area contributed by atoms with Crippen molar-refractivity contribution in [1.29, 1.82) is 0 Å². The highest BCUT2D eigenvalue weighted by Gasteiger charge is 2.56. The molecule has 0 saturated heterocycles. The summed E-state index contributed by atoms with van der Waals surface area (Å²) < 4.78 is 37.2. The van der Waals surface area contributed by atoms with Gasteiger partial charge in [-0.1, -0.05) is 36.8 Å². The lowest BCUT2D eigenvalue weighted by Crippen LogP contribution is -2.45. The molecule has 2 aromatic rings. The molecule has 2 fully saturated rings. The Morgan fingerprint density at radius 1 is 1.00 bits per heavy atom. The minimum Gasteiger partial charge on any atom is -0.462 e. The van der Waals surface area contributed by atoms with Gasteiger partial charge in [0.1, 0.15) is 11.9 Å². The van der Waals surface area contributed by atoms with Crippen LogP contribution in [-0.4, -0.2) is 26.5 Å². The van der Waals surface area contributed by atoms with Gasteiger partial charge in [0.25, 0.3) is 10.0 Å². The molecule has 38 heavy (non-hydrogen) atoms. The maximum atomic E-state index is 13.1. The maximum absolute atomic E-state index is 13.1. The Kier molecular flexibility index (Phi) is 6.86. The van der Waals surface area contributed by atoms with Crippen LogP contribution in [-0.2, 0) is 24.3 Å². The molecule has 5 atom stereocenters. The third-order valence-electron chi connectivity index (χ3n) is 8.54. The average molecular weight is 539 g/mol. The molecule has 3 aliphatic rings. The first-order chi connectivity index (χ1) is 18.0. The number of aryl methyl sites for hydroxylation is 1. The van der Waals surface area contributed by atoms with E-state index < -0.39 is 16.0 Å². The van der Waals surface area contributed by atoms with Crippen LogP contribution in [0.4, 0.5) is 0 Å². The number of carbonyl (C=O) groups excluding carboxylic acids is 2. The molecule has 5 rings (SSSR count). The second kappa shape index (κ2) is 9.85. The van der Waals surface area contributed by atoms with E-state index in [1.807, 2.05) is 13.0 Å². The predicted octanol–water partition coefficient (Wildman–Crippen LogP) is 4.60. The van der Waals surface area contributed by atoms with Gasteiger partial charge in [0, 0.05) is 24.8 Å². The van der Waals surface area contributed by atoms with Gasteiger partial charge in [-0.2, -0.15) is 0 Å². The standard InChI is InChI=1S/C29H34N2O6S/c1-17-5-8-21(9-6-17)38(34,35)31-30-27-16-24-23(22-10-7-20(15-25(22)27)36-18(2)32)13-14-29(4)26(24)11-12-28(29)37-19(3)33/h5-10,15-16,23-24,26,28,30-31H,11-14H2,1-4H3/t23-,24-,26+,28+,29+/m1/s1. The third kappa shape index (κ3) is 4.85. The van der Waals surface area contributed by atoms with E-state index in [0.29, 0.717) is 11.4 Å². The van der Waals surface area contributed by atoms with E-state index in [0.717, 1.165) is 42.4 Å². The zero-order valence-electron chi connectivity index (χ0n) is 22.1. The summed E-state index contributed by atoms with van der Waals surface area (Å²) in [7, 11) is -3.83. The van der Waals surface area contributed by atoms with E-state index >= 15 is 0 Å². The lowest BCUT2D eigenvalue weighted by Gasteiger charge is -2.49. The number of carbonyl (C=O) groups is 2. The van der Waals surface area contributed by atoms with E-state index in [4.69, 9.17) is 9.47 Å². The van der Waals surface area contributed by atoms with Crippen LogP contribution in [0.2, 0.25) is 0 Å². The van der Waals surface area contributed by atoms with Crippen LogP contribution < -0.4 is 15.0 Å². The summed E-state index contributed by atoms with van der Waals surface area (Å²) in [6.07, 6.45) is 5.57. The molecule has 0 aliphatic heterocycles. The second-order valence-electron chi connectivity index (χ2n) is 11.0. The monoisotopic (exact) mass is 538 g/mol. The van der Waals surface area contributed by atoms with Crippen LogP contribution in [0.5, 0.6) is 5.75 Å². The van der Waals surface area contributed by atoms with Crippen molar-refractivity contribution in [1.82, 2.24) is 10.3 Å². The summed E-state index contributed by atoms with van der Waals surface area (Å²) in [6.45, 7) is 6.93. The number of fused-ring (bicyclic) bond motifs is 5. The number of hydrogen-bond acceptors (Lipinski definition) is 7. The molecule has 2 saturated carbocycles. The molecule has 0 radical (unpaired) electrons. The summed E-state index contributed by atoms with van der Waals surface area (Å²) in [5, 5.41) is 0. The van der Waals surface area contributed by atoms with E-state index in [-0.39, 0.29) is 40.1 Å². The molecular weight excluding hydrogens is 504 g/mol. The zero-order valence-corrected chi connectivity index (χ0v) is 22.9. The van der Waals surface area contributed by atoms with Crippen LogP contribution in [0.15, 0.2) is 53.4 Å². The fourth-order valence-corrected chi connectivity index (χ4v) is 7.60. The van der Waals surface area contributed by atoms with Gasteiger partial charge in [-0.05, 0) is 80.2 Å². The minimum absolute atomic E-state index is 0.122. The van der Waals surface area contributed by atoms with Crippen molar-refractivity contribution in [2.75, 3.05) is 0 Å². The fourth-order valence-electron chi connectivity index (χ4n) is 6.75. The van der Waals surface area contributed by atoms with Crippen molar-refractivity contribution in [2.24, 2.45) is 17.3 Å². The number of hydrogen-bond donors (Lipinski definition) is 2. The van der Waals surface area contributed by atoms with E-state index in [1.165, 1.54) is 13.8 Å². The summed E-state index contributed by atoms with van der Waals surface area (Å²) in [4.78, 5) is 26.1. The zero-order chi connectivity index (χ0) is 27.2. The summed E-state index contributed by atoms with van der Waals surface area (Å²) in [6, 6.07) is 12.2. The predicted molar refractivity (Wildman–Crippen MR) is 142 cm³/mol. The first kappa shape index (κ1) is 26.4. The topological polar surface area (TPSA) is 111 Å². The van der Waals surface area contributed by atoms with Gasteiger partial charge in [0.2, 0.25) is 0 Å². The van der Waals surface area contributed by atoms with Crippen molar-refractivity contribution in [2.45, 2.75) is 70.3 Å². The molecule has 0 unspecified atom stereocenters. The molecule has 0 spiro atoms.